The average Bonchev–Trinajstić information content (AvgIpc) is 2.77. The van der Waals surface area contributed by atoms with Crippen LogP contribution in [-0.4, -0.2) is 18.1 Å². The molecule has 0 saturated heterocycles. The van der Waals surface area contributed by atoms with Crippen molar-refractivity contribution in [2.45, 2.75) is 6.42 Å². The number of methoxy groups -OCH3 is 1. The third-order valence-corrected chi connectivity index (χ3v) is 2.43. The summed E-state index contributed by atoms with van der Waals surface area (Å²) in [6.45, 7) is 0. The van der Waals surface area contributed by atoms with Gasteiger partial charge >= 0.3 is 5.97 Å². The minimum Gasteiger partial charge on any atom is -0.469 e. The Morgan fingerprint density at radius 2 is 2.31 bits per heavy atom. The molecule has 1 aromatic heterocycles. The van der Waals surface area contributed by atoms with Crippen LogP contribution in [0.1, 0.15) is 12.0 Å². The molecule has 2 aromatic rings. The zero-order chi connectivity index (χ0) is 11.4. The Kier molecular flexibility index (Phi) is 3.05. The highest BCUT2D eigenvalue weighted by Gasteiger charge is 1.98. The Balaban J connectivity index is 2.20. The van der Waals surface area contributed by atoms with E-state index in [1.165, 1.54) is 12.5 Å². The van der Waals surface area contributed by atoms with E-state index in [-0.39, 0.29) is 5.97 Å². The van der Waals surface area contributed by atoms with E-state index >= 15 is 0 Å². The SMILES string of the molecule is COC(=O)CC=Cc1cccc2cc[nH]c12. The number of benzene rings is 1. The number of ether oxygens (including phenoxy) is 1. The molecule has 0 aliphatic rings. The molecule has 3 heteroatoms. The largest absolute Gasteiger partial charge is 0.469 e. The van der Waals surface area contributed by atoms with Crippen molar-refractivity contribution in [3.8, 4) is 0 Å². The Hall–Kier alpha value is -2.03. The zero-order valence-corrected chi connectivity index (χ0v) is 9.07. The topological polar surface area (TPSA) is 42.1 Å². The molecule has 1 N–H and O–H groups in total. The summed E-state index contributed by atoms with van der Waals surface area (Å²) in [5, 5.41) is 1.17. The van der Waals surface area contributed by atoms with Crippen molar-refractivity contribution in [2.24, 2.45) is 0 Å². The number of carbonyl (C=O) groups is 1. The Morgan fingerprint density at radius 3 is 3.12 bits per heavy atom. The lowest BCUT2D eigenvalue weighted by atomic mass is 10.1. The van der Waals surface area contributed by atoms with Gasteiger partial charge in [0.15, 0.2) is 0 Å². The van der Waals surface area contributed by atoms with E-state index in [0.717, 1.165) is 11.1 Å². The molecule has 0 atom stereocenters. The molecule has 3 nitrogen and oxygen atoms in total. The van der Waals surface area contributed by atoms with Gasteiger partial charge in [-0.3, -0.25) is 4.79 Å². The Morgan fingerprint density at radius 1 is 1.44 bits per heavy atom. The molecule has 0 aliphatic carbocycles. The van der Waals surface area contributed by atoms with E-state index < -0.39 is 0 Å². The van der Waals surface area contributed by atoms with Crippen molar-refractivity contribution >= 4 is 22.9 Å². The molecule has 0 saturated carbocycles. The molecule has 1 aromatic carbocycles. The summed E-state index contributed by atoms with van der Waals surface area (Å²) in [5.74, 6) is -0.227. The quantitative estimate of drug-likeness (QED) is 0.800. The second-order valence-corrected chi connectivity index (χ2v) is 3.47. The van der Waals surface area contributed by atoms with E-state index in [0.29, 0.717) is 6.42 Å². The molecule has 0 radical (unpaired) electrons. The van der Waals surface area contributed by atoms with Crippen LogP contribution in [0, 0.1) is 0 Å². The summed E-state index contributed by atoms with van der Waals surface area (Å²) >= 11 is 0. The van der Waals surface area contributed by atoms with Crippen molar-refractivity contribution < 1.29 is 9.53 Å². The number of aromatic amines is 1. The van der Waals surface area contributed by atoms with Crippen LogP contribution in [0.2, 0.25) is 0 Å². The first-order chi connectivity index (χ1) is 7.81. The highest BCUT2D eigenvalue weighted by Crippen LogP contribution is 2.18. The van der Waals surface area contributed by atoms with Gasteiger partial charge in [0.1, 0.15) is 0 Å². The maximum absolute atomic E-state index is 10.9. The molecular formula is C13H13NO2. The van der Waals surface area contributed by atoms with Gasteiger partial charge in [-0.25, -0.2) is 0 Å². The highest BCUT2D eigenvalue weighted by molar-refractivity contribution is 5.88. The second kappa shape index (κ2) is 4.66. The highest BCUT2D eigenvalue weighted by atomic mass is 16.5. The van der Waals surface area contributed by atoms with Crippen molar-refractivity contribution in [2.75, 3.05) is 7.11 Å². The molecular weight excluding hydrogens is 202 g/mol. The fourth-order valence-electron chi connectivity index (χ4n) is 1.61. The fourth-order valence-corrected chi connectivity index (χ4v) is 1.61. The van der Waals surface area contributed by atoms with Crippen LogP contribution in [-0.2, 0) is 9.53 Å². The van der Waals surface area contributed by atoms with Crippen LogP contribution in [0.3, 0.4) is 0 Å². The van der Waals surface area contributed by atoms with Crippen molar-refractivity contribution in [1.82, 2.24) is 4.98 Å². The van der Waals surface area contributed by atoms with E-state index in [9.17, 15) is 4.79 Å². The summed E-state index contributed by atoms with van der Waals surface area (Å²) < 4.78 is 4.56. The van der Waals surface area contributed by atoms with Gasteiger partial charge in [-0.2, -0.15) is 0 Å². The monoisotopic (exact) mass is 215 g/mol. The van der Waals surface area contributed by atoms with Crippen molar-refractivity contribution in [3.63, 3.8) is 0 Å². The van der Waals surface area contributed by atoms with E-state index in [4.69, 9.17) is 0 Å². The summed E-state index contributed by atoms with van der Waals surface area (Å²) in [5.41, 5.74) is 2.16. The average molecular weight is 215 g/mol. The first kappa shape index (κ1) is 10.5. The van der Waals surface area contributed by atoms with Gasteiger partial charge in [0.05, 0.1) is 19.0 Å². The van der Waals surface area contributed by atoms with Gasteiger partial charge < -0.3 is 9.72 Å². The number of esters is 1. The van der Waals surface area contributed by atoms with E-state index in [1.807, 2.05) is 36.5 Å². The first-order valence-electron chi connectivity index (χ1n) is 5.11. The second-order valence-electron chi connectivity index (χ2n) is 3.47. The number of hydrogen-bond acceptors (Lipinski definition) is 2. The molecule has 0 fully saturated rings. The summed E-state index contributed by atoms with van der Waals surface area (Å²) in [7, 11) is 1.39. The molecule has 0 unspecified atom stereocenters. The lowest BCUT2D eigenvalue weighted by Gasteiger charge is -1.96. The van der Waals surface area contributed by atoms with Gasteiger partial charge in [-0.1, -0.05) is 30.4 Å². The number of para-hydroxylation sites is 1. The third kappa shape index (κ3) is 2.14. The molecule has 82 valence electrons. The normalized spacial score (nSPS) is 11.1. The maximum atomic E-state index is 10.9. The number of hydrogen-bond donors (Lipinski definition) is 1. The third-order valence-electron chi connectivity index (χ3n) is 2.43. The molecule has 0 amide bonds. The van der Waals surface area contributed by atoms with Gasteiger partial charge in [0.2, 0.25) is 0 Å². The lowest BCUT2D eigenvalue weighted by molar-refractivity contribution is -0.139. The predicted octanol–water partition coefficient (Wildman–Crippen LogP) is 2.74. The van der Waals surface area contributed by atoms with Gasteiger partial charge in [0, 0.05) is 6.20 Å². The van der Waals surface area contributed by atoms with Crippen LogP contribution >= 0.6 is 0 Å². The van der Waals surface area contributed by atoms with Crippen LogP contribution in [0.15, 0.2) is 36.5 Å². The number of rotatable bonds is 3. The Bertz CT molecular complexity index is 525. The fraction of sp³-hybridized carbons (Fsp3) is 0.154. The van der Waals surface area contributed by atoms with Crippen molar-refractivity contribution in [3.05, 3.63) is 42.1 Å². The van der Waals surface area contributed by atoms with Gasteiger partial charge in [0.25, 0.3) is 0 Å². The molecule has 0 bridgehead atoms. The Labute approximate surface area is 93.7 Å². The zero-order valence-electron chi connectivity index (χ0n) is 9.07. The predicted molar refractivity (Wildman–Crippen MR) is 64.0 cm³/mol. The maximum Gasteiger partial charge on any atom is 0.309 e. The molecule has 16 heavy (non-hydrogen) atoms. The molecule has 0 aliphatic heterocycles. The van der Waals surface area contributed by atoms with Crippen LogP contribution in [0.4, 0.5) is 0 Å². The van der Waals surface area contributed by atoms with Crippen molar-refractivity contribution in [1.29, 1.82) is 0 Å². The van der Waals surface area contributed by atoms with Crippen LogP contribution < -0.4 is 0 Å². The van der Waals surface area contributed by atoms with E-state index in [2.05, 4.69) is 9.72 Å². The lowest BCUT2D eigenvalue weighted by Crippen LogP contribution is -1.96. The summed E-state index contributed by atoms with van der Waals surface area (Å²) in [6, 6.07) is 8.07. The van der Waals surface area contributed by atoms with Crippen LogP contribution in [0.5, 0.6) is 0 Å². The smallest absolute Gasteiger partial charge is 0.309 e. The molecule has 1 heterocycles. The minimum atomic E-state index is -0.227. The first-order valence-corrected chi connectivity index (χ1v) is 5.11. The van der Waals surface area contributed by atoms with Crippen LogP contribution in [0.25, 0.3) is 17.0 Å². The molecule has 2 rings (SSSR count). The number of nitrogens with one attached hydrogen (secondary N) is 1. The van der Waals surface area contributed by atoms with E-state index in [1.54, 1.807) is 6.08 Å². The van der Waals surface area contributed by atoms with Gasteiger partial charge in [-0.15, -0.1) is 0 Å². The number of H-pyrrole nitrogens is 1. The number of fused-ring (bicyclic) bond motifs is 1. The summed E-state index contributed by atoms with van der Waals surface area (Å²) in [6.07, 6.45) is 5.94. The molecule has 0 spiro atoms. The standard InChI is InChI=1S/C13H13NO2/c1-16-12(15)7-3-6-10-4-2-5-11-8-9-14-13(10)11/h2-6,8-9,14H,7H2,1H3. The minimum absolute atomic E-state index is 0.227. The summed E-state index contributed by atoms with van der Waals surface area (Å²) in [4.78, 5) is 14.1. The number of aromatic nitrogens is 1. The van der Waals surface area contributed by atoms with Gasteiger partial charge in [-0.05, 0) is 17.0 Å². The number of carbonyl (C=O) groups excluding carboxylic acids is 1.